The molecule has 4 N–H and O–H groups in total. The highest BCUT2D eigenvalue weighted by atomic mass is 15.1. The summed E-state index contributed by atoms with van der Waals surface area (Å²) >= 11 is 0. The number of anilines is 2. The van der Waals surface area contributed by atoms with Gasteiger partial charge in [-0.05, 0) is 31.1 Å². The number of fused-ring (bicyclic) bond motifs is 1. The van der Waals surface area contributed by atoms with E-state index in [0.717, 1.165) is 23.2 Å². The maximum atomic E-state index is 5.72. The van der Waals surface area contributed by atoms with Crippen LogP contribution in [-0.2, 0) is 0 Å². The molecule has 1 aliphatic carbocycles. The molecule has 102 valence electrons. The van der Waals surface area contributed by atoms with Crippen molar-refractivity contribution in [2.24, 2.45) is 11.8 Å². The van der Waals surface area contributed by atoms with Gasteiger partial charge < -0.3 is 16.0 Å². The molecule has 19 heavy (non-hydrogen) atoms. The van der Waals surface area contributed by atoms with Gasteiger partial charge >= 0.3 is 0 Å². The van der Waals surface area contributed by atoms with Gasteiger partial charge in [-0.15, -0.1) is 0 Å². The number of rotatable bonds is 2. The largest absolute Gasteiger partial charge is 0.368 e. The second-order valence-electron chi connectivity index (χ2n) is 5.64. The van der Waals surface area contributed by atoms with Gasteiger partial charge in [-0.1, -0.05) is 13.8 Å². The van der Waals surface area contributed by atoms with E-state index in [1.807, 2.05) is 0 Å². The number of aromatic nitrogens is 4. The van der Waals surface area contributed by atoms with Crippen molar-refractivity contribution in [3.05, 3.63) is 6.33 Å². The van der Waals surface area contributed by atoms with E-state index in [9.17, 15) is 0 Å². The van der Waals surface area contributed by atoms with Gasteiger partial charge in [0.2, 0.25) is 5.95 Å². The van der Waals surface area contributed by atoms with Crippen molar-refractivity contribution in [2.45, 2.75) is 39.2 Å². The zero-order chi connectivity index (χ0) is 13.4. The molecule has 2 heterocycles. The minimum Gasteiger partial charge on any atom is -0.368 e. The Kier molecular flexibility index (Phi) is 3.00. The molecule has 0 radical (unpaired) electrons. The summed E-state index contributed by atoms with van der Waals surface area (Å²) in [5.41, 5.74) is 7.17. The Hall–Kier alpha value is -1.85. The number of hydrogen-bond acceptors (Lipinski definition) is 5. The van der Waals surface area contributed by atoms with Gasteiger partial charge in [0, 0.05) is 6.04 Å². The van der Waals surface area contributed by atoms with Crippen LogP contribution in [0, 0.1) is 11.8 Å². The molecule has 1 fully saturated rings. The first-order chi connectivity index (χ1) is 9.13. The minimum atomic E-state index is 0.263. The van der Waals surface area contributed by atoms with Crippen molar-refractivity contribution >= 4 is 22.9 Å². The summed E-state index contributed by atoms with van der Waals surface area (Å²) in [7, 11) is 0. The maximum Gasteiger partial charge on any atom is 0.224 e. The van der Waals surface area contributed by atoms with E-state index in [4.69, 9.17) is 5.73 Å². The van der Waals surface area contributed by atoms with E-state index < -0.39 is 0 Å². The molecule has 1 saturated carbocycles. The van der Waals surface area contributed by atoms with E-state index in [2.05, 4.69) is 39.1 Å². The summed E-state index contributed by atoms with van der Waals surface area (Å²) in [5, 5.41) is 3.50. The lowest BCUT2D eigenvalue weighted by molar-refractivity contribution is 0.260. The average Bonchev–Trinajstić information content (AvgIpc) is 2.82. The molecular formula is C13H20N6. The van der Waals surface area contributed by atoms with Crippen LogP contribution in [0.1, 0.15) is 33.1 Å². The predicted molar refractivity (Wildman–Crippen MR) is 75.7 cm³/mol. The van der Waals surface area contributed by atoms with Crippen LogP contribution in [0.25, 0.3) is 11.2 Å². The lowest BCUT2D eigenvalue weighted by Gasteiger charge is -2.32. The van der Waals surface area contributed by atoms with Crippen LogP contribution >= 0.6 is 0 Å². The van der Waals surface area contributed by atoms with E-state index in [-0.39, 0.29) is 5.95 Å². The van der Waals surface area contributed by atoms with E-state index in [1.165, 1.54) is 19.3 Å². The summed E-state index contributed by atoms with van der Waals surface area (Å²) in [4.78, 5) is 15.6. The minimum absolute atomic E-state index is 0.263. The van der Waals surface area contributed by atoms with Crippen molar-refractivity contribution in [3.63, 3.8) is 0 Å². The maximum absolute atomic E-state index is 5.72. The molecule has 2 aromatic heterocycles. The van der Waals surface area contributed by atoms with Crippen molar-refractivity contribution in [1.82, 2.24) is 19.9 Å². The number of H-pyrrole nitrogens is 1. The third-order valence-corrected chi connectivity index (χ3v) is 4.24. The highest BCUT2D eigenvalue weighted by Crippen LogP contribution is 2.31. The van der Waals surface area contributed by atoms with E-state index in [0.29, 0.717) is 11.7 Å². The molecule has 0 amide bonds. The van der Waals surface area contributed by atoms with Crippen molar-refractivity contribution < 1.29 is 0 Å². The van der Waals surface area contributed by atoms with Crippen LogP contribution in [0.15, 0.2) is 6.33 Å². The zero-order valence-electron chi connectivity index (χ0n) is 11.3. The molecule has 1 aliphatic rings. The molecule has 0 spiro atoms. The number of imidazole rings is 1. The van der Waals surface area contributed by atoms with E-state index in [1.54, 1.807) is 6.33 Å². The zero-order valence-corrected chi connectivity index (χ0v) is 11.3. The van der Waals surface area contributed by atoms with Crippen LogP contribution < -0.4 is 11.1 Å². The lowest BCUT2D eigenvalue weighted by atomic mass is 9.79. The molecule has 3 unspecified atom stereocenters. The quantitative estimate of drug-likeness (QED) is 0.769. The van der Waals surface area contributed by atoms with Crippen LogP contribution in [0.5, 0.6) is 0 Å². The smallest absolute Gasteiger partial charge is 0.224 e. The highest BCUT2D eigenvalue weighted by Gasteiger charge is 2.25. The number of nitrogens with one attached hydrogen (secondary N) is 2. The van der Waals surface area contributed by atoms with Gasteiger partial charge in [-0.25, -0.2) is 4.98 Å². The Balaban J connectivity index is 1.83. The van der Waals surface area contributed by atoms with Gasteiger partial charge in [0.1, 0.15) is 5.52 Å². The topological polar surface area (TPSA) is 92.5 Å². The van der Waals surface area contributed by atoms with Crippen LogP contribution in [0.3, 0.4) is 0 Å². The summed E-state index contributed by atoms with van der Waals surface area (Å²) in [6, 6.07) is 0.451. The highest BCUT2D eigenvalue weighted by molar-refractivity contribution is 5.83. The van der Waals surface area contributed by atoms with Gasteiger partial charge in [0.25, 0.3) is 0 Å². The number of aromatic amines is 1. The molecule has 0 saturated heterocycles. The molecule has 3 atom stereocenters. The first kappa shape index (κ1) is 12.2. The number of nitrogens with two attached hydrogens (primary N) is 1. The third-order valence-electron chi connectivity index (χ3n) is 4.24. The fraction of sp³-hybridized carbons (Fsp3) is 0.615. The Bertz CT molecular complexity index is 578. The van der Waals surface area contributed by atoms with Crippen molar-refractivity contribution in [3.8, 4) is 0 Å². The van der Waals surface area contributed by atoms with Crippen molar-refractivity contribution in [2.75, 3.05) is 11.1 Å². The number of hydrogen-bond donors (Lipinski definition) is 3. The normalized spacial score (nSPS) is 27.6. The first-order valence-electron chi connectivity index (χ1n) is 6.86. The SMILES string of the molecule is CC1CCC(Nc2nc(N)nc3nc[nH]c23)CC1C. The first-order valence-corrected chi connectivity index (χ1v) is 6.86. The molecule has 0 aromatic carbocycles. The molecule has 0 aliphatic heterocycles. The second kappa shape index (κ2) is 4.68. The number of nitrogens with zero attached hydrogens (tertiary/aromatic N) is 3. The molecule has 2 aromatic rings. The predicted octanol–water partition coefficient (Wildman–Crippen LogP) is 2.17. The monoisotopic (exact) mass is 260 g/mol. The fourth-order valence-corrected chi connectivity index (χ4v) is 2.83. The summed E-state index contributed by atoms with van der Waals surface area (Å²) in [5.74, 6) is 2.58. The molecule has 3 rings (SSSR count). The van der Waals surface area contributed by atoms with Gasteiger partial charge in [-0.3, -0.25) is 0 Å². The number of nitrogen functional groups attached to an aromatic ring is 1. The van der Waals surface area contributed by atoms with Crippen LogP contribution in [0.4, 0.5) is 11.8 Å². The van der Waals surface area contributed by atoms with Crippen LogP contribution in [-0.4, -0.2) is 26.0 Å². The average molecular weight is 260 g/mol. The lowest BCUT2D eigenvalue weighted by Crippen LogP contribution is -2.30. The Morgan fingerprint density at radius 3 is 2.89 bits per heavy atom. The standard InChI is InChI=1S/C13H20N6/c1-7-3-4-9(5-8(7)2)17-12-10-11(16-6-15-10)18-13(14)19-12/h6-9H,3-5H2,1-2H3,(H4,14,15,16,17,18,19). The van der Waals surface area contributed by atoms with Crippen molar-refractivity contribution in [1.29, 1.82) is 0 Å². The summed E-state index contributed by atoms with van der Waals surface area (Å²) in [6.45, 7) is 4.65. The summed E-state index contributed by atoms with van der Waals surface area (Å²) < 4.78 is 0. The fourth-order valence-electron chi connectivity index (χ4n) is 2.83. The van der Waals surface area contributed by atoms with Gasteiger partial charge in [0.15, 0.2) is 11.5 Å². The Morgan fingerprint density at radius 2 is 2.11 bits per heavy atom. The molecule has 6 heteroatoms. The molecule has 6 nitrogen and oxygen atoms in total. The molecular weight excluding hydrogens is 240 g/mol. The second-order valence-corrected chi connectivity index (χ2v) is 5.64. The van der Waals surface area contributed by atoms with E-state index >= 15 is 0 Å². The Morgan fingerprint density at radius 1 is 1.26 bits per heavy atom. The van der Waals surface area contributed by atoms with Crippen LogP contribution in [0.2, 0.25) is 0 Å². The Labute approximate surface area is 112 Å². The van der Waals surface area contributed by atoms with Gasteiger partial charge in [-0.2, -0.15) is 9.97 Å². The molecule has 0 bridgehead atoms. The van der Waals surface area contributed by atoms with Gasteiger partial charge in [0.05, 0.1) is 6.33 Å². The third kappa shape index (κ3) is 2.34. The summed E-state index contributed by atoms with van der Waals surface area (Å²) in [6.07, 6.45) is 5.22.